The monoisotopic (exact) mass is 415 g/mol. The van der Waals surface area contributed by atoms with Crippen LogP contribution in [0.1, 0.15) is 29.2 Å². The number of carbonyl (C=O) groups is 1. The van der Waals surface area contributed by atoms with Gasteiger partial charge in [-0.1, -0.05) is 35.3 Å². The second kappa shape index (κ2) is 7.91. The van der Waals surface area contributed by atoms with Gasteiger partial charge in [0.05, 0.1) is 40.4 Å². The molecule has 1 atom stereocenters. The van der Waals surface area contributed by atoms with Crippen LogP contribution in [0, 0.1) is 0 Å². The Morgan fingerprint density at radius 3 is 2.86 bits per heavy atom. The first-order valence-electron chi connectivity index (χ1n) is 8.99. The second-order valence-electron chi connectivity index (χ2n) is 6.74. The molecule has 0 spiro atoms. The van der Waals surface area contributed by atoms with Gasteiger partial charge in [0.25, 0.3) is 0 Å². The molecule has 0 radical (unpaired) electrons. The summed E-state index contributed by atoms with van der Waals surface area (Å²) >= 11 is 12.5. The van der Waals surface area contributed by atoms with E-state index in [0.29, 0.717) is 41.7 Å². The highest BCUT2D eigenvalue weighted by Crippen LogP contribution is 2.36. The molecule has 0 bridgehead atoms. The van der Waals surface area contributed by atoms with Crippen LogP contribution in [0.4, 0.5) is 0 Å². The molecule has 4 rings (SSSR count). The van der Waals surface area contributed by atoms with Gasteiger partial charge in [0.1, 0.15) is 0 Å². The molecule has 28 heavy (non-hydrogen) atoms. The van der Waals surface area contributed by atoms with E-state index in [9.17, 15) is 4.79 Å². The maximum atomic E-state index is 13.3. The number of hydrogen-bond acceptors (Lipinski definition) is 4. The summed E-state index contributed by atoms with van der Waals surface area (Å²) in [6, 6.07) is 9.18. The molecule has 1 aromatic carbocycles. The standard InChI is InChI=1S/C20H19Cl2N5O/c21-16-5-1-4-13(18(16)22)14(6-7-23)20(28)27-10-15-17(11-27)25-26-19(15)12-3-2-8-24-9-12/h1-5,8-9,14H,6-7,10-11,23H2,(H,25,26). The summed E-state index contributed by atoms with van der Waals surface area (Å²) in [6.45, 7) is 1.33. The molecule has 3 aromatic rings. The fourth-order valence-electron chi connectivity index (χ4n) is 3.63. The predicted octanol–water partition coefficient (Wildman–Crippen LogP) is 3.75. The number of nitrogens with two attached hydrogens (primary N) is 1. The van der Waals surface area contributed by atoms with Gasteiger partial charge in [0, 0.05) is 23.5 Å². The van der Waals surface area contributed by atoms with Crippen molar-refractivity contribution in [3.63, 3.8) is 0 Å². The Labute approximate surface area is 172 Å². The van der Waals surface area contributed by atoms with Crippen LogP contribution >= 0.6 is 23.2 Å². The maximum absolute atomic E-state index is 13.3. The van der Waals surface area contributed by atoms with Gasteiger partial charge in [-0.15, -0.1) is 0 Å². The van der Waals surface area contributed by atoms with E-state index in [1.807, 2.05) is 18.2 Å². The highest BCUT2D eigenvalue weighted by atomic mass is 35.5. The van der Waals surface area contributed by atoms with Crippen LogP contribution in [-0.4, -0.2) is 32.5 Å². The van der Waals surface area contributed by atoms with Crippen LogP contribution in [-0.2, 0) is 17.9 Å². The van der Waals surface area contributed by atoms with Gasteiger partial charge in [-0.2, -0.15) is 5.10 Å². The van der Waals surface area contributed by atoms with Gasteiger partial charge in [0.15, 0.2) is 0 Å². The van der Waals surface area contributed by atoms with E-state index in [2.05, 4.69) is 15.2 Å². The average molecular weight is 416 g/mol. The number of pyridine rings is 1. The van der Waals surface area contributed by atoms with E-state index < -0.39 is 5.92 Å². The summed E-state index contributed by atoms with van der Waals surface area (Å²) in [5.41, 5.74) is 10.2. The summed E-state index contributed by atoms with van der Waals surface area (Å²) in [6.07, 6.45) is 3.99. The number of aromatic nitrogens is 3. The summed E-state index contributed by atoms with van der Waals surface area (Å²) < 4.78 is 0. The molecule has 3 heterocycles. The Balaban J connectivity index is 1.61. The number of aromatic amines is 1. The molecule has 3 N–H and O–H groups in total. The topological polar surface area (TPSA) is 87.9 Å². The van der Waals surface area contributed by atoms with E-state index in [0.717, 1.165) is 22.5 Å². The zero-order chi connectivity index (χ0) is 19.7. The molecule has 8 heteroatoms. The van der Waals surface area contributed by atoms with Crippen LogP contribution in [0.3, 0.4) is 0 Å². The smallest absolute Gasteiger partial charge is 0.230 e. The van der Waals surface area contributed by atoms with Crippen molar-refractivity contribution < 1.29 is 4.79 Å². The fraction of sp³-hybridized carbons (Fsp3) is 0.250. The third kappa shape index (κ3) is 3.39. The van der Waals surface area contributed by atoms with E-state index in [-0.39, 0.29) is 5.91 Å². The van der Waals surface area contributed by atoms with Crippen LogP contribution < -0.4 is 5.73 Å². The first-order chi connectivity index (χ1) is 13.6. The predicted molar refractivity (Wildman–Crippen MR) is 109 cm³/mol. The number of nitrogens with one attached hydrogen (secondary N) is 1. The highest BCUT2D eigenvalue weighted by Gasteiger charge is 2.33. The minimum Gasteiger partial charge on any atom is -0.332 e. The van der Waals surface area contributed by atoms with Crippen LogP contribution in [0.15, 0.2) is 42.7 Å². The molecule has 0 fully saturated rings. The Hall–Kier alpha value is -2.41. The molecule has 1 aliphatic heterocycles. The van der Waals surface area contributed by atoms with E-state index >= 15 is 0 Å². The largest absolute Gasteiger partial charge is 0.332 e. The molecule has 6 nitrogen and oxygen atoms in total. The lowest BCUT2D eigenvalue weighted by molar-refractivity contribution is -0.133. The number of halogens is 2. The van der Waals surface area contributed by atoms with Crippen molar-refractivity contribution in [1.29, 1.82) is 0 Å². The van der Waals surface area contributed by atoms with Gasteiger partial charge in [-0.05, 0) is 36.7 Å². The molecule has 0 saturated heterocycles. The molecule has 0 saturated carbocycles. The average Bonchev–Trinajstić information content (AvgIpc) is 3.29. The minimum atomic E-state index is -0.435. The fourth-order valence-corrected chi connectivity index (χ4v) is 4.07. The van der Waals surface area contributed by atoms with Crippen molar-refractivity contribution in [3.05, 3.63) is 69.6 Å². The number of hydrogen-bond donors (Lipinski definition) is 2. The van der Waals surface area contributed by atoms with Gasteiger partial charge in [-0.25, -0.2) is 0 Å². The van der Waals surface area contributed by atoms with Gasteiger partial charge in [0.2, 0.25) is 5.91 Å². The third-order valence-electron chi connectivity index (χ3n) is 5.01. The summed E-state index contributed by atoms with van der Waals surface area (Å²) in [4.78, 5) is 19.3. The van der Waals surface area contributed by atoms with Gasteiger partial charge < -0.3 is 10.6 Å². The Bertz CT molecular complexity index is 1010. The Kier molecular flexibility index (Phi) is 5.35. The SMILES string of the molecule is NCCC(C(=O)N1Cc2[nH]nc(-c3cccnc3)c2C1)c1cccc(Cl)c1Cl. The van der Waals surface area contributed by atoms with Crippen molar-refractivity contribution in [2.24, 2.45) is 5.73 Å². The Morgan fingerprint density at radius 1 is 1.25 bits per heavy atom. The molecular formula is C20H19Cl2N5O. The van der Waals surface area contributed by atoms with Crippen molar-refractivity contribution in [2.75, 3.05) is 6.54 Å². The summed E-state index contributed by atoms with van der Waals surface area (Å²) in [7, 11) is 0. The van der Waals surface area contributed by atoms with Gasteiger partial charge >= 0.3 is 0 Å². The number of nitrogens with zero attached hydrogens (tertiary/aromatic N) is 3. The number of amides is 1. The second-order valence-corrected chi connectivity index (χ2v) is 7.52. The molecular weight excluding hydrogens is 397 g/mol. The minimum absolute atomic E-state index is 0.0173. The molecule has 0 aliphatic carbocycles. The number of rotatable bonds is 5. The number of fused-ring (bicyclic) bond motifs is 1. The third-order valence-corrected chi connectivity index (χ3v) is 5.84. The quantitative estimate of drug-likeness (QED) is 0.663. The van der Waals surface area contributed by atoms with Crippen molar-refractivity contribution in [2.45, 2.75) is 25.4 Å². The molecule has 1 unspecified atom stereocenters. The molecule has 2 aromatic heterocycles. The normalized spacial score (nSPS) is 14.2. The summed E-state index contributed by atoms with van der Waals surface area (Å²) in [5.74, 6) is -0.452. The lowest BCUT2D eigenvalue weighted by Crippen LogP contribution is -2.32. The number of benzene rings is 1. The lowest BCUT2D eigenvalue weighted by Gasteiger charge is -2.24. The summed E-state index contributed by atoms with van der Waals surface area (Å²) in [5, 5.41) is 8.31. The van der Waals surface area contributed by atoms with Crippen molar-refractivity contribution in [1.82, 2.24) is 20.1 Å². The van der Waals surface area contributed by atoms with Gasteiger partial charge in [-0.3, -0.25) is 14.9 Å². The van der Waals surface area contributed by atoms with Crippen molar-refractivity contribution >= 4 is 29.1 Å². The van der Waals surface area contributed by atoms with E-state index in [1.165, 1.54) is 0 Å². The van der Waals surface area contributed by atoms with Crippen molar-refractivity contribution in [3.8, 4) is 11.3 Å². The van der Waals surface area contributed by atoms with Crippen LogP contribution in [0.25, 0.3) is 11.3 Å². The maximum Gasteiger partial charge on any atom is 0.230 e. The van der Waals surface area contributed by atoms with Crippen LogP contribution in [0.2, 0.25) is 10.0 Å². The highest BCUT2D eigenvalue weighted by molar-refractivity contribution is 6.42. The first-order valence-corrected chi connectivity index (χ1v) is 9.75. The van der Waals surface area contributed by atoms with E-state index in [1.54, 1.807) is 29.4 Å². The molecule has 1 aliphatic rings. The zero-order valence-corrected chi connectivity index (χ0v) is 16.5. The number of H-pyrrole nitrogens is 1. The zero-order valence-electron chi connectivity index (χ0n) is 15.0. The Morgan fingerprint density at radius 2 is 2.11 bits per heavy atom. The number of carbonyl (C=O) groups excluding carboxylic acids is 1. The van der Waals surface area contributed by atoms with E-state index in [4.69, 9.17) is 28.9 Å². The van der Waals surface area contributed by atoms with Crippen LogP contribution in [0.5, 0.6) is 0 Å². The molecule has 144 valence electrons. The first kappa shape index (κ1) is 18.9. The molecule has 1 amide bonds. The lowest BCUT2D eigenvalue weighted by atomic mass is 9.94.